The van der Waals surface area contributed by atoms with Crippen LogP contribution in [-0.4, -0.2) is 15.0 Å². The molecule has 0 fully saturated rings. The van der Waals surface area contributed by atoms with Crippen molar-refractivity contribution in [2.45, 2.75) is 6.92 Å². The van der Waals surface area contributed by atoms with Crippen molar-refractivity contribution in [3.63, 3.8) is 0 Å². The summed E-state index contributed by atoms with van der Waals surface area (Å²) in [5, 5.41) is 0. The van der Waals surface area contributed by atoms with Gasteiger partial charge in [0.1, 0.15) is 5.82 Å². The highest BCUT2D eigenvalue weighted by Crippen LogP contribution is 2.18. The lowest BCUT2D eigenvalue weighted by Gasteiger charge is -2.04. The zero-order chi connectivity index (χ0) is 10.8. The normalized spacial score (nSPS) is 10.2. The fourth-order valence-electron chi connectivity index (χ4n) is 1.37. The van der Waals surface area contributed by atoms with Gasteiger partial charge in [-0.2, -0.15) is 4.98 Å². The Morgan fingerprint density at radius 3 is 2.67 bits per heavy atom. The third kappa shape index (κ3) is 2.02. The van der Waals surface area contributed by atoms with Crippen LogP contribution in [0, 0.1) is 11.7 Å². The van der Waals surface area contributed by atoms with Crippen LogP contribution in [0.25, 0.3) is 11.4 Å². The van der Waals surface area contributed by atoms with Gasteiger partial charge in [0, 0.05) is 5.56 Å². The number of hydrogen-bond donors (Lipinski definition) is 2. The van der Waals surface area contributed by atoms with E-state index in [0.717, 1.165) is 11.1 Å². The SMILES string of the molecule is Cc1ccccc1-c1nc(=S)nc(N)[nH]1. The maximum atomic E-state index is 5.57. The lowest BCUT2D eigenvalue weighted by molar-refractivity contribution is 1.05. The first-order valence-corrected chi connectivity index (χ1v) is 4.87. The summed E-state index contributed by atoms with van der Waals surface area (Å²) in [6.45, 7) is 2.00. The van der Waals surface area contributed by atoms with Crippen LogP contribution in [0.2, 0.25) is 0 Å². The molecule has 0 saturated heterocycles. The van der Waals surface area contributed by atoms with Gasteiger partial charge < -0.3 is 10.7 Å². The zero-order valence-corrected chi connectivity index (χ0v) is 9.01. The van der Waals surface area contributed by atoms with Gasteiger partial charge in [-0.15, -0.1) is 0 Å². The van der Waals surface area contributed by atoms with Crippen molar-refractivity contribution < 1.29 is 0 Å². The fraction of sp³-hybridized carbons (Fsp3) is 0.100. The van der Waals surface area contributed by atoms with Crippen molar-refractivity contribution in [3.05, 3.63) is 34.6 Å². The van der Waals surface area contributed by atoms with Crippen LogP contribution in [0.4, 0.5) is 5.95 Å². The van der Waals surface area contributed by atoms with Gasteiger partial charge in [-0.05, 0) is 24.7 Å². The smallest absolute Gasteiger partial charge is 0.224 e. The monoisotopic (exact) mass is 218 g/mol. The molecule has 15 heavy (non-hydrogen) atoms. The van der Waals surface area contributed by atoms with Crippen LogP contribution in [0.3, 0.4) is 0 Å². The number of nitrogens with two attached hydrogens (primary N) is 1. The molecule has 0 spiro atoms. The van der Waals surface area contributed by atoms with Crippen molar-refractivity contribution in [3.8, 4) is 11.4 Å². The topological polar surface area (TPSA) is 67.6 Å². The molecule has 0 radical (unpaired) electrons. The Bertz CT molecular complexity index is 547. The van der Waals surface area contributed by atoms with Crippen molar-refractivity contribution >= 4 is 18.2 Å². The Balaban J connectivity index is 2.64. The van der Waals surface area contributed by atoms with E-state index in [1.54, 1.807) is 0 Å². The maximum Gasteiger partial charge on any atom is 0.224 e. The number of rotatable bonds is 1. The van der Waals surface area contributed by atoms with E-state index in [-0.39, 0.29) is 10.7 Å². The van der Waals surface area contributed by atoms with Crippen molar-refractivity contribution in [2.75, 3.05) is 5.73 Å². The second-order valence-corrected chi connectivity index (χ2v) is 3.55. The minimum atomic E-state index is 0.254. The van der Waals surface area contributed by atoms with Gasteiger partial charge in [-0.3, -0.25) is 0 Å². The largest absolute Gasteiger partial charge is 0.369 e. The number of aromatic amines is 1. The highest BCUT2D eigenvalue weighted by molar-refractivity contribution is 7.71. The number of nitrogen functional groups attached to an aromatic ring is 1. The van der Waals surface area contributed by atoms with Crippen LogP contribution < -0.4 is 5.73 Å². The van der Waals surface area contributed by atoms with E-state index in [9.17, 15) is 0 Å². The molecule has 2 rings (SSSR count). The lowest BCUT2D eigenvalue weighted by atomic mass is 10.1. The van der Waals surface area contributed by atoms with Crippen LogP contribution in [0.5, 0.6) is 0 Å². The van der Waals surface area contributed by atoms with Crippen molar-refractivity contribution in [2.24, 2.45) is 0 Å². The molecule has 0 unspecified atom stereocenters. The molecule has 0 atom stereocenters. The average molecular weight is 218 g/mol. The molecule has 5 heteroatoms. The summed E-state index contributed by atoms with van der Waals surface area (Å²) in [5.74, 6) is 0.943. The molecule has 3 N–H and O–H groups in total. The second-order valence-electron chi connectivity index (χ2n) is 3.18. The first kappa shape index (κ1) is 9.79. The molecule has 1 heterocycles. The van der Waals surface area contributed by atoms with E-state index in [2.05, 4.69) is 15.0 Å². The third-order valence-corrected chi connectivity index (χ3v) is 2.25. The molecule has 2 aromatic rings. The summed E-state index contributed by atoms with van der Waals surface area (Å²) in [6, 6.07) is 7.88. The van der Waals surface area contributed by atoms with E-state index >= 15 is 0 Å². The van der Waals surface area contributed by atoms with Gasteiger partial charge in [0.05, 0.1) is 0 Å². The predicted octanol–water partition coefficient (Wildman–Crippen LogP) is 2.09. The Kier molecular flexibility index (Phi) is 2.47. The second kappa shape index (κ2) is 3.78. The molecule has 0 bridgehead atoms. The molecule has 4 nitrogen and oxygen atoms in total. The van der Waals surface area contributed by atoms with Gasteiger partial charge in [-0.1, -0.05) is 24.3 Å². The minimum Gasteiger partial charge on any atom is -0.369 e. The van der Waals surface area contributed by atoms with Gasteiger partial charge >= 0.3 is 0 Å². The number of benzene rings is 1. The van der Waals surface area contributed by atoms with E-state index in [1.807, 2.05) is 31.2 Å². The minimum absolute atomic E-state index is 0.254. The molecule has 1 aromatic carbocycles. The van der Waals surface area contributed by atoms with Gasteiger partial charge in [0.15, 0.2) is 0 Å². The molecule has 76 valence electrons. The van der Waals surface area contributed by atoms with E-state index < -0.39 is 0 Å². The van der Waals surface area contributed by atoms with E-state index in [0.29, 0.717) is 5.82 Å². The molecular formula is C10H10N4S. The number of hydrogen-bond acceptors (Lipinski definition) is 4. The van der Waals surface area contributed by atoms with E-state index in [1.165, 1.54) is 0 Å². The molecule has 0 amide bonds. The first-order chi connectivity index (χ1) is 7.16. The predicted molar refractivity (Wildman–Crippen MR) is 61.8 cm³/mol. The number of nitrogens with one attached hydrogen (secondary N) is 1. The highest BCUT2D eigenvalue weighted by atomic mass is 32.1. The van der Waals surface area contributed by atoms with Crippen molar-refractivity contribution in [1.82, 2.24) is 15.0 Å². The zero-order valence-electron chi connectivity index (χ0n) is 8.19. The van der Waals surface area contributed by atoms with Crippen LogP contribution in [0.1, 0.15) is 5.56 Å². The third-order valence-electron chi connectivity index (χ3n) is 2.07. The Labute approximate surface area is 92.2 Å². The van der Waals surface area contributed by atoms with Crippen LogP contribution in [-0.2, 0) is 0 Å². The Morgan fingerprint density at radius 2 is 2.00 bits per heavy atom. The number of aromatic nitrogens is 3. The maximum absolute atomic E-state index is 5.57. The summed E-state index contributed by atoms with van der Waals surface area (Å²) < 4.78 is 0.254. The Morgan fingerprint density at radius 1 is 1.27 bits per heavy atom. The summed E-state index contributed by atoms with van der Waals surface area (Å²) >= 11 is 4.91. The molecular weight excluding hydrogens is 208 g/mol. The molecule has 1 aromatic heterocycles. The lowest BCUT2D eigenvalue weighted by Crippen LogP contribution is -2.00. The quantitative estimate of drug-likeness (QED) is 0.719. The number of anilines is 1. The summed E-state index contributed by atoms with van der Waals surface area (Å²) in [7, 11) is 0. The van der Waals surface area contributed by atoms with Crippen molar-refractivity contribution in [1.29, 1.82) is 0 Å². The van der Waals surface area contributed by atoms with Crippen LogP contribution in [0.15, 0.2) is 24.3 Å². The molecule has 0 aliphatic rings. The number of nitrogens with zero attached hydrogens (tertiary/aromatic N) is 2. The van der Waals surface area contributed by atoms with Crippen LogP contribution >= 0.6 is 12.2 Å². The van der Waals surface area contributed by atoms with Gasteiger partial charge in [-0.25, -0.2) is 4.98 Å². The molecule has 0 aliphatic heterocycles. The summed E-state index contributed by atoms with van der Waals surface area (Å²) in [4.78, 5) is 10.8. The first-order valence-electron chi connectivity index (χ1n) is 4.46. The summed E-state index contributed by atoms with van der Waals surface area (Å²) in [6.07, 6.45) is 0. The highest BCUT2D eigenvalue weighted by Gasteiger charge is 2.03. The van der Waals surface area contributed by atoms with Gasteiger partial charge in [0.2, 0.25) is 10.7 Å². The number of aryl methyl sites for hydroxylation is 1. The van der Waals surface area contributed by atoms with Gasteiger partial charge in [0.25, 0.3) is 0 Å². The fourth-order valence-corrected chi connectivity index (χ4v) is 1.56. The van der Waals surface area contributed by atoms with E-state index in [4.69, 9.17) is 18.0 Å². The standard InChI is InChI=1S/C10H10N4S/c1-6-4-2-3-5-7(6)8-12-9(11)14-10(15)13-8/h2-5H,1H3,(H3,11,12,13,14,15). The summed E-state index contributed by atoms with van der Waals surface area (Å²) in [5.41, 5.74) is 7.67. The molecule has 0 aliphatic carbocycles. The number of H-pyrrole nitrogens is 1. The average Bonchev–Trinajstić information content (AvgIpc) is 2.16. The Hall–Kier alpha value is -1.75. The molecule has 0 saturated carbocycles.